The summed E-state index contributed by atoms with van der Waals surface area (Å²) in [5.41, 5.74) is 2.12. The van der Waals surface area contributed by atoms with Gasteiger partial charge in [0.15, 0.2) is 55.2 Å². The van der Waals surface area contributed by atoms with Crippen LogP contribution in [0.4, 0.5) is 0 Å². The predicted molar refractivity (Wildman–Crippen MR) is 422 cm³/mol. The number of aromatic nitrogens is 5. The Morgan fingerprint density at radius 3 is 1.23 bits per heavy atom. The number of nitrogens with one attached hydrogen (secondary N) is 2. The summed E-state index contributed by atoms with van der Waals surface area (Å²) in [6.45, 7) is 75.9. The Labute approximate surface area is 621 Å². The fraction of sp³-hybridized carbons (Fsp3) is 0.793. The van der Waals surface area contributed by atoms with Gasteiger partial charge < -0.3 is 51.7 Å². The molecule has 6 aliphatic heterocycles. The molecule has 0 bridgehead atoms. The second kappa shape index (κ2) is 53.9. The summed E-state index contributed by atoms with van der Waals surface area (Å²) in [6.07, 6.45) is 34.0. The van der Waals surface area contributed by atoms with Crippen LogP contribution in [0.1, 0.15) is 242 Å². The van der Waals surface area contributed by atoms with Gasteiger partial charge in [-0.25, -0.2) is 18.3 Å². The molecule has 17 nitrogen and oxygen atoms in total. The predicted octanol–water partition coefficient (Wildman–Crippen LogP) is 12.3. The topological polar surface area (TPSA) is 96.2 Å². The highest BCUT2D eigenvalue weighted by atomic mass is 32.1. The number of hydrogen-bond acceptors (Lipinski definition) is 6. The fourth-order valence-corrected chi connectivity index (χ4v) is 12.9. The van der Waals surface area contributed by atoms with Crippen molar-refractivity contribution in [1.82, 2.24) is 4.57 Å². The number of quaternary nitrogens is 6. The first kappa shape index (κ1) is 96.2. The van der Waals surface area contributed by atoms with Crippen molar-refractivity contribution in [3.8, 4) is 0 Å². The van der Waals surface area contributed by atoms with Gasteiger partial charge in [-0.05, 0) is 218 Å². The molecule has 10 heterocycles. The molecule has 0 aliphatic carbocycles. The fourth-order valence-electron chi connectivity index (χ4n) is 12.2. The lowest BCUT2D eigenvalue weighted by Gasteiger charge is -2.48. The molecule has 0 radical (unpaired) electrons. The number of ether oxygens (including phenoxy) is 3. The quantitative estimate of drug-likeness (QED) is 0.0745. The maximum atomic E-state index is 11.7. The monoisotopic (exact) mass is 1430 g/mol. The first-order valence-corrected chi connectivity index (χ1v) is 40.7. The summed E-state index contributed by atoms with van der Waals surface area (Å²) in [6, 6.07) is 13.2. The van der Waals surface area contributed by atoms with Crippen LogP contribution in [0.5, 0.6) is 0 Å². The highest BCUT2D eigenvalue weighted by Crippen LogP contribution is 2.20. The second-order valence-electron chi connectivity index (χ2n) is 31.9. The van der Waals surface area contributed by atoms with E-state index in [2.05, 4.69) is 252 Å². The molecule has 5 fully saturated rings. The average Bonchev–Trinajstić information content (AvgIpc) is 1.07. The van der Waals surface area contributed by atoms with Gasteiger partial charge in [-0.3, -0.25) is 0 Å². The lowest BCUT2D eigenvalue weighted by atomic mass is 10.1. The molecule has 5 saturated heterocycles. The van der Waals surface area contributed by atoms with Gasteiger partial charge in [0.05, 0.1) is 154 Å². The molecule has 10 rings (SSSR count). The van der Waals surface area contributed by atoms with E-state index in [4.69, 9.17) is 18.6 Å². The van der Waals surface area contributed by atoms with E-state index in [0.29, 0.717) is 56.5 Å². The molecule has 0 aromatic carbocycles. The Morgan fingerprint density at radius 1 is 0.510 bits per heavy atom. The third-order valence-corrected chi connectivity index (χ3v) is 22.1. The number of oxazole rings is 1. The summed E-state index contributed by atoms with van der Waals surface area (Å²) >= 11 is 1.73. The van der Waals surface area contributed by atoms with Crippen LogP contribution >= 0.6 is 11.3 Å². The third kappa shape index (κ3) is 41.0. The minimum absolute atomic E-state index is 0.0694. The van der Waals surface area contributed by atoms with E-state index in [-0.39, 0.29) is 10.7 Å². The van der Waals surface area contributed by atoms with E-state index >= 15 is 0 Å². The van der Waals surface area contributed by atoms with E-state index in [1.54, 1.807) is 33.8 Å². The molecule has 0 amide bonds. The molecule has 4 aromatic heterocycles. The van der Waals surface area contributed by atoms with Crippen LogP contribution in [0.2, 0.25) is 0 Å². The SMILES string of the molecule is CC(C)[N+]1(C)CCCCC1.CC(C)[N+]1(C)CCOCC1.CC(C)[N+]1([O-])CCOCC1.CC(C)[N+]1=CCC=C1.CC(C)[NH+]1CCCCC1.CC(C)[NH+]1CCOCC1.CC(C)[n+]1ccccc1.CC(C)[n+]1ccoc1.CC(C)[n+]1ccsc1.CC(C)n1cc[n+](C)c1.CC[N+](CC)(CC)C(C)C. The number of hydroxylamine groups is 3. The highest BCUT2D eigenvalue weighted by molar-refractivity contribution is 7.07. The Bertz CT molecular complexity index is 2400. The Hall–Kier alpha value is -3.79. The molecule has 0 atom stereocenters. The Balaban J connectivity index is 0.00000108. The van der Waals surface area contributed by atoms with Crippen molar-refractivity contribution in [2.24, 2.45) is 7.05 Å². The number of nitrogens with zero attached hydrogens (tertiary/aromatic N) is 10. The van der Waals surface area contributed by atoms with Crippen molar-refractivity contribution >= 4 is 17.6 Å². The first-order chi connectivity index (χ1) is 47.1. The van der Waals surface area contributed by atoms with Gasteiger partial charge in [-0.15, -0.1) is 0 Å². The number of thiazole rings is 1. The number of morpholine rings is 3. The van der Waals surface area contributed by atoms with Gasteiger partial charge in [-0.2, -0.15) is 9.13 Å². The van der Waals surface area contributed by atoms with E-state index in [1.165, 1.54) is 124 Å². The number of aryl methyl sites for hydroxylation is 1. The molecule has 0 spiro atoms. The van der Waals surface area contributed by atoms with Crippen LogP contribution in [0.3, 0.4) is 0 Å². The van der Waals surface area contributed by atoms with Gasteiger partial charge in [0.1, 0.15) is 57.9 Å². The number of hydrogen-bond donors (Lipinski definition) is 2. The Kier molecular flexibility index (Phi) is 51.9. The van der Waals surface area contributed by atoms with Gasteiger partial charge in [0.25, 0.3) is 0 Å². The summed E-state index contributed by atoms with van der Waals surface area (Å²) in [7, 11) is 6.73. The summed E-state index contributed by atoms with van der Waals surface area (Å²) in [5.74, 6) is 0. The van der Waals surface area contributed by atoms with Crippen molar-refractivity contribution in [2.45, 2.75) is 284 Å². The van der Waals surface area contributed by atoms with Crippen LogP contribution < -0.4 is 28.1 Å². The largest absolute Gasteiger partial charge is 0.632 e. The zero-order chi connectivity index (χ0) is 75.9. The second-order valence-corrected chi connectivity index (χ2v) is 32.7. The molecule has 2 N–H and O–H groups in total. The van der Waals surface area contributed by atoms with Crippen LogP contribution in [0.25, 0.3) is 0 Å². The number of likely N-dealkylation sites (tertiary alicyclic amines) is 2. The van der Waals surface area contributed by atoms with Crippen molar-refractivity contribution < 1.29 is 69.4 Å². The minimum atomic E-state index is -0.0694. The number of imidazole rings is 1. The number of rotatable bonds is 14. The standard InChI is InChI=1S/C9H20N.C9H22N.C8H18NO.C8H17N.C8H12N.C7H13N2.C7H15NO2.C7H15NO.C7H12N.C6H10NO.C6H10NS/c1-9(2)10(3)7-5-4-6-8-10;1-6-10(7-2,8-3)9(4)5;1-8(2)9(3)4-6-10-7-5-9;2*1-8(2)9-6-4-3-5-7-9;1-7(2)9-5-4-8(3)6-9;1-7(2)8(9)3-5-10-6-4-8;1-7(2)8-3-5-9-6-4-8;1-7(2)8-5-3-4-6-8;2*1-6(2)7-3-4-8-5-7/h9H,4-8H2,1-3H3;9H,6-8H2,1-5H3;8H,4-7H2,1-3H3;8H,3-7H2,1-2H3;3-8H,1-2H3;4-7H,1-3H3;7H,3-6H2,1-2H3;7H,3-6H2,1-2H3;3,5-7H,4H2,1-2H3;2*3-6H,1-2H3/q3*+1;;2*+1;;;3*+1/p+2. The minimum Gasteiger partial charge on any atom is -0.632 e. The third-order valence-electron chi connectivity index (χ3n) is 21.5. The number of piperidine rings is 2. The van der Waals surface area contributed by atoms with Crippen molar-refractivity contribution in [2.75, 3.05) is 139 Å². The van der Waals surface area contributed by atoms with Crippen LogP contribution in [-0.2, 0) is 21.3 Å². The normalized spacial score (nSPS) is 17.9. The van der Waals surface area contributed by atoms with E-state index in [1.807, 2.05) is 60.6 Å². The molecule has 6 aliphatic rings. The van der Waals surface area contributed by atoms with Gasteiger partial charge in [0.2, 0.25) is 18.0 Å². The van der Waals surface area contributed by atoms with Crippen LogP contribution in [0, 0.1) is 5.21 Å². The zero-order valence-electron chi connectivity index (χ0n) is 70.5. The Morgan fingerprint density at radius 2 is 0.980 bits per heavy atom. The average molecular weight is 1430 g/mol. The van der Waals surface area contributed by atoms with E-state index < -0.39 is 0 Å². The maximum Gasteiger partial charge on any atom is 0.334 e. The molecule has 0 unspecified atom stereocenters. The summed E-state index contributed by atoms with van der Waals surface area (Å²) in [5, 5.41) is 13.8. The lowest BCUT2D eigenvalue weighted by molar-refractivity contribution is -0.943. The summed E-state index contributed by atoms with van der Waals surface area (Å²) in [4.78, 5) is 3.49. The first-order valence-electron chi connectivity index (χ1n) is 39.8. The molecule has 4 aromatic rings. The molecular weight excluding hydrogens is 1270 g/mol. The molecular formula is C82H166N12O5S+10. The molecule has 100 heavy (non-hydrogen) atoms. The number of allylic oxidation sites excluding steroid dienone is 1. The summed E-state index contributed by atoms with van der Waals surface area (Å²) < 4.78 is 36.9. The van der Waals surface area contributed by atoms with Gasteiger partial charge in [-0.1, -0.05) is 17.4 Å². The molecule has 0 saturated carbocycles. The van der Waals surface area contributed by atoms with Crippen molar-refractivity contribution in [3.63, 3.8) is 0 Å². The number of likely N-dealkylation sites (N-methyl/N-ethyl adjacent to an activating group) is 1. The number of pyridine rings is 1. The maximum absolute atomic E-state index is 11.7. The van der Waals surface area contributed by atoms with Gasteiger partial charge in [0, 0.05) is 18.6 Å². The molecule has 18 heteroatoms. The van der Waals surface area contributed by atoms with Crippen molar-refractivity contribution in [1.29, 1.82) is 0 Å². The van der Waals surface area contributed by atoms with Crippen molar-refractivity contribution in [3.05, 3.63) is 103 Å². The zero-order valence-corrected chi connectivity index (χ0v) is 71.3. The van der Waals surface area contributed by atoms with Crippen LogP contribution in [-0.4, -0.2) is 215 Å². The van der Waals surface area contributed by atoms with Gasteiger partial charge >= 0.3 is 6.39 Å². The van der Waals surface area contributed by atoms with Crippen LogP contribution in [0.15, 0.2) is 102 Å². The highest BCUT2D eigenvalue weighted by Gasteiger charge is 2.30. The lowest BCUT2D eigenvalue weighted by Crippen LogP contribution is -3.16. The van der Waals surface area contributed by atoms with E-state index in [9.17, 15) is 5.21 Å². The molecule has 580 valence electrons. The van der Waals surface area contributed by atoms with E-state index in [0.717, 1.165) is 63.1 Å². The smallest absolute Gasteiger partial charge is 0.334 e.